The summed E-state index contributed by atoms with van der Waals surface area (Å²) in [4.78, 5) is 0. The van der Waals surface area contributed by atoms with E-state index < -0.39 is 0 Å². The van der Waals surface area contributed by atoms with E-state index in [-0.39, 0.29) is 11.6 Å². The Bertz CT molecular complexity index is 503. The summed E-state index contributed by atoms with van der Waals surface area (Å²) in [5.41, 5.74) is 6.77. The van der Waals surface area contributed by atoms with Gasteiger partial charge in [-0.1, -0.05) is 5.16 Å². The molecule has 0 unspecified atom stereocenters. The number of rotatable bonds is 2. The van der Waals surface area contributed by atoms with Gasteiger partial charge in [0.2, 0.25) is 0 Å². The number of hydrogen-bond donors (Lipinski definition) is 1. The van der Waals surface area contributed by atoms with E-state index in [9.17, 15) is 4.39 Å². The van der Waals surface area contributed by atoms with Crippen LogP contribution in [0.15, 0.2) is 22.7 Å². The van der Waals surface area contributed by atoms with Gasteiger partial charge in [0.05, 0.1) is 12.7 Å². The quantitative estimate of drug-likeness (QED) is 0.847. The Morgan fingerprint density at radius 2 is 2.19 bits per heavy atom. The van der Waals surface area contributed by atoms with E-state index in [1.807, 2.05) is 0 Å². The fourth-order valence-electron chi connectivity index (χ4n) is 1.59. The molecule has 1 aromatic carbocycles. The first-order valence-corrected chi connectivity index (χ1v) is 4.69. The van der Waals surface area contributed by atoms with Crippen molar-refractivity contribution >= 4 is 5.82 Å². The minimum Gasteiger partial charge on any atom is -0.496 e. The zero-order chi connectivity index (χ0) is 11.7. The van der Waals surface area contributed by atoms with Crippen molar-refractivity contribution in [2.24, 2.45) is 0 Å². The first-order chi connectivity index (χ1) is 7.63. The van der Waals surface area contributed by atoms with Crippen LogP contribution in [0.1, 0.15) is 5.76 Å². The number of methoxy groups -OCH3 is 1. The fourth-order valence-corrected chi connectivity index (χ4v) is 1.59. The third-order valence-corrected chi connectivity index (χ3v) is 2.32. The van der Waals surface area contributed by atoms with Crippen LogP contribution in [0, 0.1) is 12.7 Å². The highest BCUT2D eigenvalue weighted by Crippen LogP contribution is 2.36. The molecule has 2 N–H and O–H groups in total. The summed E-state index contributed by atoms with van der Waals surface area (Å²) in [6, 6.07) is 4.20. The van der Waals surface area contributed by atoms with Gasteiger partial charge in [0, 0.05) is 5.56 Å². The number of benzene rings is 1. The summed E-state index contributed by atoms with van der Waals surface area (Å²) >= 11 is 0. The van der Waals surface area contributed by atoms with Crippen molar-refractivity contribution in [2.75, 3.05) is 12.8 Å². The normalized spacial score (nSPS) is 10.4. The van der Waals surface area contributed by atoms with Crippen molar-refractivity contribution in [1.82, 2.24) is 5.16 Å². The lowest BCUT2D eigenvalue weighted by Gasteiger charge is -2.07. The van der Waals surface area contributed by atoms with E-state index in [2.05, 4.69) is 5.16 Å². The number of anilines is 1. The second-order valence-electron chi connectivity index (χ2n) is 3.34. The van der Waals surface area contributed by atoms with Gasteiger partial charge in [-0.15, -0.1) is 0 Å². The highest BCUT2D eigenvalue weighted by atomic mass is 19.1. The van der Waals surface area contributed by atoms with Gasteiger partial charge < -0.3 is 15.0 Å². The average Bonchev–Trinajstić information content (AvgIpc) is 2.58. The lowest BCUT2D eigenvalue weighted by molar-refractivity contribution is 0.400. The SMILES string of the molecule is COc1ccc(F)cc1-c1c(N)noc1C. The van der Waals surface area contributed by atoms with Crippen LogP contribution in [0.5, 0.6) is 5.75 Å². The molecule has 1 heterocycles. The standard InChI is InChI=1S/C11H11FN2O2/c1-6-10(11(13)14-16-6)8-5-7(12)3-4-9(8)15-2/h3-5H,1-2H3,(H2,13,14). The first kappa shape index (κ1) is 10.5. The number of nitrogens with zero attached hydrogens (tertiary/aromatic N) is 1. The highest BCUT2D eigenvalue weighted by molar-refractivity contribution is 5.79. The maximum atomic E-state index is 13.2. The smallest absolute Gasteiger partial charge is 0.175 e. The van der Waals surface area contributed by atoms with E-state index in [4.69, 9.17) is 15.0 Å². The second-order valence-corrected chi connectivity index (χ2v) is 3.34. The Balaban J connectivity index is 2.67. The van der Waals surface area contributed by atoms with Crippen molar-refractivity contribution in [3.05, 3.63) is 29.8 Å². The van der Waals surface area contributed by atoms with Crippen LogP contribution in [0.3, 0.4) is 0 Å². The van der Waals surface area contributed by atoms with Crippen LogP contribution >= 0.6 is 0 Å². The van der Waals surface area contributed by atoms with Crippen molar-refractivity contribution < 1.29 is 13.7 Å². The molecule has 4 nitrogen and oxygen atoms in total. The predicted molar refractivity (Wildman–Crippen MR) is 57.6 cm³/mol. The number of nitrogens with two attached hydrogens (primary N) is 1. The Kier molecular flexibility index (Phi) is 2.52. The van der Waals surface area contributed by atoms with E-state index >= 15 is 0 Å². The molecule has 0 aliphatic heterocycles. The molecule has 0 atom stereocenters. The molecule has 16 heavy (non-hydrogen) atoms. The van der Waals surface area contributed by atoms with Crippen molar-refractivity contribution in [2.45, 2.75) is 6.92 Å². The van der Waals surface area contributed by atoms with Crippen LogP contribution < -0.4 is 10.5 Å². The number of aryl methyl sites for hydroxylation is 1. The molecule has 0 aliphatic rings. The molecule has 1 aromatic heterocycles. The maximum Gasteiger partial charge on any atom is 0.175 e. The van der Waals surface area contributed by atoms with Crippen LogP contribution in [0.25, 0.3) is 11.1 Å². The summed E-state index contributed by atoms with van der Waals surface area (Å²) < 4.78 is 23.3. The summed E-state index contributed by atoms with van der Waals surface area (Å²) in [7, 11) is 1.51. The number of nitrogen functional groups attached to an aromatic ring is 1. The molecule has 5 heteroatoms. The van der Waals surface area contributed by atoms with Crippen molar-refractivity contribution in [3.63, 3.8) is 0 Å². The summed E-state index contributed by atoms with van der Waals surface area (Å²) in [6.07, 6.45) is 0. The van der Waals surface area contributed by atoms with E-state index in [1.54, 1.807) is 6.92 Å². The van der Waals surface area contributed by atoms with Crippen molar-refractivity contribution in [1.29, 1.82) is 0 Å². The molecule has 0 fully saturated rings. The minimum atomic E-state index is -0.365. The molecule has 0 bridgehead atoms. The molecule has 2 rings (SSSR count). The first-order valence-electron chi connectivity index (χ1n) is 4.69. The van der Waals surface area contributed by atoms with Gasteiger partial charge in [-0.05, 0) is 25.1 Å². The van der Waals surface area contributed by atoms with E-state index in [1.165, 1.54) is 25.3 Å². The Morgan fingerprint density at radius 3 is 2.75 bits per heavy atom. The van der Waals surface area contributed by atoms with Gasteiger partial charge in [-0.25, -0.2) is 4.39 Å². The number of aromatic nitrogens is 1. The molecule has 0 saturated heterocycles. The van der Waals surface area contributed by atoms with Crippen LogP contribution in [-0.2, 0) is 0 Å². The molecule has 0 radical (unpaired) electrons. The zero-order valence-electron chi connectivity index (χ0n) is 8.95. The average molecular weight is 222 g/mol. The van der Waals surface area contributed by atoms with Crippen LogP contribution in [0.4, 0.5) is 10.2 Å². The zero-order valence-corrected chi connectivity index (χ0v) is 8.95. The van der Waals surface area contributed by atoms with Crippen molar-refractivity contribution in [3.8, 4) is 16.9 Å². The third kappa shape index (κ3) is 1.60. The number of halogens is 1. The van der Waals surface area contributed by atoms with Gasteiger partial charge in [0.1, 0.15) is 17.3 Å². The van der Waals surface area contributed by atoms with Gasteiger partial charge in [0.25, 0.3) is 0 Å². The molecule has 0 saturated carbocycles. The topological polar surface area (TPSA) is 61.3 Å². The van der Waals surface area contributed by atoms with Gasteiger partial charge in [-0.3, -0.25) is 0 Å². The lowest BCUT2D eigenvalue weighted by atomic mass is 10.0. The van der Waals surface area contributed by atoms with Crippen LogP contribution in [-0.4, -0.2) is 12.3 Å². The van der Waals surface area contributed by atoms with Gasteiger partial charge in [0.15, 0.2) is 5.82 Å². The fraction of sp³-hybridized carbons (Fsp3) is 0.182. The Hall–Kier alpha value is -2.04. The number of ether oxygens (including phenoxy) is 1. The Labute approximate surface area is 91.8 Å². The minimum absolute atomic E-state index is 0.224. The summed E-state index contributed by atoms with van der Waals surface area (Å²) in [6.45, 7) is 1.71. The maximum absolute atomic E-state index is 13.2. The molecule has 0 amide bonds. The highest BCUT2D eigenvalue weighted by Gasteiger charge is 2.17. The third-order valence-electron chi connectivity index (χ3n) is 2.32. The molecular formula is C11H11FN2O2. The second kappa shape index (κ2) is 3.84. The number of hydrogen-bond acceptors (Lipinski definition) is 4. The molecule has 0 aliphatic carbocycles. The largest absolute Gasteiger partial charge is 0.496 e. The van der Waals surface area contributed by atoms with E-state index in [0.717, 1.165) is 0 Å². The van der Waals surface area contributed by atoms with Crippen LogP contribution in [0.2, 0.25) is 0 Å². The molecule has 2 aromatic rings. The molecule has 0 spiro atoms. The summed E-state index contributed by atoms with van der Waals surface area (Å²) in [5.74, 6) is 0.915. The molecule has 84 valence electrons. The molecular weight excluding hydrogens is 211 g/mol. The van der Waals surface area contributed by atoms with Gasteiger partial charge >= 0.3 is 0 Å². The lowest BCUT2D eigenvalue weighted by Crippen LogP contribution is -1.93. The summed E-state index contributed by atoms with van der Waals surface area (Å²) in [5, 5.41) is 3.62. The monoisotopic (exact) mass is 222 g/mol. The Morgan fingerprint density at radius 1 is 1.44 bits per heavy atom. The van der Waals surface area contributed by atoms with Gasteiger partial charge in [-0.2, -0.15) is 0 Å². The predicted octanol–water partition coefficient (Wildman–Crippen LogP) is 2.38. The van der Waals surface area contributed by atoms with E-state index in [0.29, 0.717) is 22.6 Å².